The zero-order chi connectivity index (χ0) is 23.1. The molecule has 9 heteroatoms. The van der Waals surface area contributed by atoms with E-state index in [1.165, 1.54) is 0 Å². The van der Waals surface area contributed by atoms with Crippen molar-refractivity contribution < 1.29 is 24.9 Å². The minimum Gasteiger partial charge on any atom is -0.504 e. The summed E-state index contributed by atoms with van der Waals surface area (Å²) in [5.74, 6) is -2.22. The summed E-state index contributed by atoms with van der Waals surface area (Å²) in [6.07, 6.45) is 4.07. The number of hydrogen-bond acceptors (Lipinski definition) is 6. The summed E-state index contributed by atoms with van der Waals surface area (Å²) in [5.41, 5.74) is 0.984. The molecule has 170 valence electrons. The Morgan fingerprint density at radius 2 is 1.62 bits per heavy atom. The summed E-state index contributed by atoms with van der Waals surface area (Å²) in [4.78, 5) is 28.6. The number of rotatable bonds is 7. The second kappa shape index (κ2) is 10.9. The van der Waals surface area contributed by atoms with Gasteiger partial charge in [0.1, 0.15) is 0 Å². The van der Waals surface area contributed by atoms with E-state index in [2.05, 4.69) is 10.2 Å². The SMILES string of the molecule is O=C(NCCCN1CCN(C(=O)/C=C/c2ccc(Cl)cc2)CC1)c1cc(O)c(O)c(O)c1. The number of piperazine rings is 1. The number of phenolic OH excluding ortho intramolecular Hbond substituents is 3. The first-order valence-electron chi connectivity index (χ1n) is 10.3. The van der Waals surface area contributed by atoms with E-state index in [4.69, 9.17) is 11.6 Å². The van der Waals surface area contributed by atoms with Gasteiger partial charge in [-0.25, -0.2) is 0 Å². The average Bonchev–Trinajstić information content (AvgIpc) is 2.79. The van der Waals surface area contributed by atoms with E-state index in [1.54, 1.807) is 24.3 Å². The van der Waals surface area contributed by atoms with Gasteiger partial charge in [0.2, 0.25) is 5.91 Å². The number of nitrogens with zero attached hydrogens (tertiary/aromatic N) is 2. The molecule has 1 fully saturated rings. The minimum atomic E-state index is -0.653. The molecule has 0 aromatic heterocycles. The Balaban J connectivity index is 1.36. The Morgan fingerprint density at radius 3 is 2.25 bits per heavy atom. The molecule has 0 radical (unpaired) electrons. The van der Waals surface area contributed by atoms with Crippen molar-refractivity contribution in [2.45, 2.75) is 6.42 Å². The Bertz CT molecular complexity index is 963. The van der Waals surface area contributed by atoms with Gasteiger partial charge >= 0.3 is 0 Å². The first kappa shape index (κ1) is 23.4. The lowest BCUT2D eigenvalue weighted by molar-refractivity contribution is -0.127. The number of halogens is 1. The lowest BCUT2D eigenvalue weighted by atomic mass is 10.1. The number of carbonyl (C=O) groups excluding carboxylic acids is 2. The molecule has 0 bridgehead atoms. The molecule has 0 unspecified atom stereocenters. The number of benzene rings is 2. The zero-order valence-electron chi connectivity index (χ0n) is 17.5. The van der Waals surface area contributed by atoms with Crippen LogP contribution in [0.5, 0.6) is 17.2 Å². The van der Waals surface area contributed by atoms with E-state index in [9.17, 15) is 24.9 Å². The standard InChI is InChI=1S/C23H26ClN3O5/c24-18-5-2-16(3-6-18)4-7-21(30)27-12-10-26(11-13-27)9-1-8-25-23(32)17-14-19(28)22(31)20(29)15-17/h2-7,14-15,28-29,31H,1,8-13H2,(H,25,32)/b7-4+. The highest BCUT2D eigenvalue weighted by atomic mass is 35.5. The molecular weight excluding hydrogens is 434 g/mol. The average molecular weight is 460 g/mol. The second-order valence-corrected chi connectivity index (χ2v) is 7.96. The molecule has 3 rings (SSSR count). The Kier molecular flexibility index (Phi) is 7.97. The Labute approximate surface area is 191 Å². The fraction of sp³-hybridized carbons (Fsp3) is 0.304. The van der Waals surface area contributed by atoms with E-state index < -0.39 is 23.2 Å². The summed E-state index contributed by atoms with van der Waals surface area (Å²) in [7, 11) is 0. The third kappa shape index (κ3) is 6.38. The molecule has 0 atom stereocenters. The van der Waals surface area contributed by atoms with Gasteiger partial charge in [0.15, 0.2) is 17.2 Å². The van der Waals surface area contributed by atoms with Gasteiger partial charge < -0.3 is 25.5 Å². The lowest BCUT2D eigenvalue weighted by Crippen LogP contribution is -2.48. The van der Waals surface area contributed by atoms with Gasteiger partial charge in [0.25, 0.3) is 5.91 Å². The lowest BCUT2D eigenvalue weighted by Gasteiger charge is -2.34. The smallest absolute Gasteiger partial charge is 0.251 e. The second-order valence-electron chi connectivity index (χ2n) is 7.52. The highest BCUT2D eigenvalue weighted by molar-refractivity contribution is 6.30. The predicted molar refractivity (Wildman–Crippen MR) is 122 cm³/mol. The normalized spacial score (nSPS) is 14.6. The highest BCUT2D eigenvalue weighted by Gasteiger charge is 2.19. The van der Waals surface area contributed by atoms with Crippen molar-refractivity contribution in [1.29, 1.82) is 0 Å². The predicted octanol–water partition coefficient (Wildman–Crippen LogP) is 2.43. The molecule has 2 amide bonds. The molecule has 0 aliphatic carbocycles. The van der Waals surface area contributed by atoms with E-state index in [0.717, 1.165) is 37.3 Å². The quantitative estimate of drug-likeness (QED) is 0.287. The number of phenols is 3. The number of nitrogens with one attached hydrogen (secondary N) is 1. The van der Waals surface area contributed by atoms with Crippen molar-refractivity contribution in [2.24, 2.45) is 0 Å². The van der Waals surface area contributed by atoms with Gasteiger partial charge in [0, 0.05) is 49.4 Å². The third-order valence-electron chi connectivity index (χ3n) is 5.24. The van der Waals surface area contributed by atoms with Crippen LogP contribution in [0.2, 0.25) is 5.02 Å². The van der Waals surface area contributed by atoms with E-state index in [0.29, 0.717) is 31.1 Å². The van der Waals surface area contributed by atoms with Gasteiger partial charge in [0.05, 0.1) is 0 Å². The van der Waals surface area contributed by atoms with Crippen LogP contribution in [-0.2, 0) is 4.79 Å². The van der Waals surface area contributed by atoms with Crippen molar-refractivity contribution in [1.82, 2.24) is 15.1 Å². The van der Waals surface area contributed by atoms with Crippen molar-refractivity contribution in [3.05, 3.63) is 58.6 Å². The van der Waals surface area contributed by atoms with Crippen LogP contribution in [0.25, 0.3) is 6.08 Å². The zero-order valence-corrected chi connectivity index (χ0v) is 18.3. The van der Waals surface area contributed by atoms with Crippen LogP contribution < -0.4 is 5.32 Å². The van der Waals surface area contributed by atoms with E-state index in [-0.39, 0.29) is 11.5 Å². The molecule has 2 aromatic carbocycles. The molecule has 0 saturated carbocycles. The molecule has 8 nitrogen and oxygen atoms in total. The number of aromatic hydroxyl groups is 3. The summed E-state index contributed by atoms with van der Waals surface area (Å²) in [6, 6.07) is 9.48. The van der Waals surface area contributed by atoms with Crippen molar-refractivity contribution in [3.8, 4) is 17.2 Å². The van der Waals surface area contributed by atoms with Crippen molar-refractivity contribution in [2.75, 3.05) is 39.3 Å². The topological polar surface area (TPSA) is 113 Å². The number of carbonyl (C=O) groups is 2. The van der Waals surface area contributed by atoms with Gasteiger partial charge in [-0.05, 0) is 48.9 Å². The Hall–Kier alpha value is -3.23. The highest BCUT2D eigenvalue weighted by Crippen LogP contribution is 2.35. The van der Waals surface area contributed by atoms with Gasteiger partial charge in [-0.3, -0.25) is 14.5 Å². The molecule has 1 aliphatic heterocycles. The molecule has 2 aromatic rings. The van der Waals surface area contributed by atoms with Gasteiger partial charge in [-0.15, -0.1) is 0 Å². The monoisotopic (exact) mass is 459 g/mol. The molecule has 1 aliphatic rings. The van der Waals surface area contributed by atoms with Crippen LogP contribution in [0.4, 0.5) is 0 Å². The van der Waals surface area contributed by atoms with Gasteiger partial charge in [-0.2, -0.15) is 0 Å². The van der Waals surface area contributed by atoms with Crippen LogP contribution >= 0.6 is 11.6 Å². The molecule has 1 saturated heterocycles. The van der Waals surface area contributed by atoms with Crippen molar-refractivity contribution in [3.63, 3.8) is 0 Å². The maximum absolute atomic E-state index is 12.4. The van der Waals surface area contributed by atoms with E-state index >= 15 is 0 Å². The molecular formula is C23H26ClN3O5. The third-order valence-corrected chi connectivity index (χ3v) is 5.49. The summed E-state index contributed by atoms with van der Waals surface area (Å²) in [5, 5.41) is 31.7. The molecule has 32 heavy (non-hydrogen) atoms. The fourth-order valence-electron chi connectivity index (χ4n) is 3.38. The summed E-state index contributed by atoms with van der Waals surface area (Å²) in [6.45, 7) is 3.99. The Morgan fingerprint density at radius 1 is 1.00 bits per heavy atom. The first-order chi connectivity index (χ1) is 15.3. The van der Waals surface area contributed by atoms with Crippen LogP contribution in [-0.4, -0.2) is 76.2 Å². The van der Waals surface area contributed by atoms with Crippen LogP contribution in [0, 0.1) is 0 Å². The van der Waals surface area contributed by atoms with Crippen molar-refractivity contribution >= 4 is 29.5 Å². The maximum atomic E-state index is 12.4. The fourth-order valence-corrected chi connectivity index (χ4v) is 3.51. The summed E-state index contributed by atoms with van der Waals surface area (Å²) >= 11 is 5.86. The van der Waals surface area contributed by atoms with E-state index in [1.807, 2.05) is 17.0 Å². The maximum Gasteiger partial charge on any atom is 0.251 e. The number of amides is 2. The minimum absolute atomic E-state index is 0.0210. The molecule has 1 heterocycles. The number of hydrogen-bond donors (Lipinski definition) is 4. The summed E-state index contributed by atoms with van der Waals surface area (Å²) < 4.78 is 0. The first-order valence-corrected chi connectivity index (χ1v) is 10.7. The molecule has 4 N–H and O–H groups in total. The van der Waals surface area contributed by atoms with Gasteiger partial charge in [-0.1, -0.05) is 23.7 Å². The van der Waals surface area contributed by atoms with Crippen LogP contribution in [0.1, 0.15) is 22.3 Å². The molecule has 0 spiro atoms. The van der Waals surface area contributed by atoms with Crippen LogP contribution in [0.15, 0.2) is 42.5 Å². The van der Waals surface area contributed by atoms with Crippen LogP contribution in [0.3, 0.4) is 0 Å². The largest absolute Gasteiger partial charge is 0.504 e.